The summed E-state index contributed by atoms with van der Waals surface area (Å²) in [5.74, 6) is -0.0372. The molecule has 1 fully saturated rings. The number of halogens is 2. The van der Waals surface area contributed by atoms with Crippen LogP contribution in [0.5, 0.6) is 0 Å². The van der Waals surface area contributed by atoms with Crippen LogP contribution in [0.3, 0.4) is 0 Å². The van der Waals surface area contributed by atoms with Gasteiger partial charge in [0.05, 0.1) is 0 Å². The van der Waals surface area contributed by atoms with Crippen molar-refractivity contribution in [3.05, 3.63) is 35.4 Å². The average Bonchev–Trinajstić information content (AvgIpc) is 2.39. The van der Waals surface area contributed by atoms with Gasteiger partial charge in [0.2, 0.25) is 0 Å². The van der Waals surface area contributed by atoms with Gasteiger partial charge in [0, 0.05) is 11.6 Å². The molecule has 2 N–H and O–H groups in total. The summed E-state index contributed by atoms with van der Waals surface area (Å²) in [5, 5.41) is 0. The summed E-state index contributed by atoms with van der Waals surface area (Å²) in [5.41, 5.74) is 6.18. The summed E-state index contributed by atoms with van der Waals surface area (Å²) in [6.07, 6.45) is 6.73. The van der Waals surface area contributed by atoms with Crippen molar-refractivity contribution < 1.29 is 8.78 Å². The predicted molar refractivity (Wildman–Crippen MR) is 73.6 cm³/mol. The molecule has 0 bridgehead atoms. The Morgan fingerprint density at radius 1 is 1.16 bits per heavy atom. The van der Waals surface area contributed by atoms with Crippen LogP contribution >= 0.6 is 0 Å². The Hall–Kier alpha value is -0.960. The van der Waals surface area contributed by atoms with E-state index in [1.165, 1.54) is 31.0 Å². The van der Waals surface area contributed by atoms with Crippen molar-refractivity contribution in [3.63, 3.8) is 0 Å². The molecule has 0 aromatic heterocycles. The molecule has 1 atom stereocenters. The van der Waals surface area contributed by atoms with Gasteiger partial charge in [-0.05, 0) is 36.8 Å². The predicted octanol–water partition coefficient (Wildman–Crippen LogP) is 4.57. The quantitative estimate of drug-likeness (QED) is 0.849. The van der Waals surface area contributed by atoms with E-state index in [4.69, 9.17) is 5.73 Å². The molecule has 0 heterocycles. The van der Waals surface area contributed by atoms with Gasteiger partial charge in [-0.1, -0.05) is 38.7 Å². The number of nitrogens with two attached hydrogens (primary N) is 1. The molecule has 0 saturated heterocycles. The van der Waals surface area contributed by atoms with Crippen molar-refractivity contribution in [1.29, 1.82) is 0 Å². The highest BCUT2D eigenvalue weighted by atomic mass is 19.1. The van der Waals surface area contributed by atoms with Gasteiger partial charge < -0.3 is 5.73 Å². The minimum absolute atomic E-state index is 0.0708. The second-order valence-corrected chi connectivity index (χ2v) is 5.73. The normalized spacial score (nSPS) is 25.3. The molecule has 1 aromatic rings. The van der Waals surface area contributed by atoms with E-state index in [9.17, 15) is 8.78 Å². The maximum Gasteiger partial charge on any atom is 0.130 e. The van der Waals surface area contributed by atoms with Gasteiger partial charge in [-0.3, -0.25) is 0 Å². The van der Waals surface area contributed by atoms with E-state index in [0.717, 1.165) is 31.6 Å². The Morgan fingerprint density at radius 2 is 1.74 bits per heavy atom. The molecule has 1 aliphatic carbocycles. The van der Waals surface area contributed by atoms with Crippen LogP contribution in [0.25, 0.3) is 0 Å². The van der Waals surface area contributed by atoms with Crippen molar-refractivity contribution >= 4 is 0 Å². The molecule has 0 aliphatic heterocycles. The van der Waals surface area contributed by atoms with Crippen molar-refractivity contribution in [1.82, 2.24) is 0 Å². The van der Waals surface area contributed by atoms with E-state index in [1.54, 1.807) is 0 Å². The zero-order valence-electron chi connectivity index (χ0n) is 11.5. The summed E-state index contributed by atoms with van der Waals surface area (Å²) in [6.45, 7) is 2.20. The molecule has 1 nitrogen and oxygen atoms in total. The molecule has 2 rings (SSSR count). The highest BCUT2D eigenvalue weighted by Gasteiger charge is 2.29. The first-order chi connectivity index (χ1) is 9.13. The lowest BCUT2D eigenvalue weighted by Gasteiger charge is -2.32. The summed E-state index contributed by atoms with van der Waals surface area (Å²) < 4.78 is 27.5. The molecule has 3 heteroatoms. The second-order valence-electron chi connectivity index (χ2n) is 5.73. The molecular weight excluding hydrogens is 244 g/mol. The first kappa shape index (κ1) is 14.4. The fourth-order valence-electron chi connectivity index (χ4n) is 3.31. The van der Waals surface area contributed by atoms with Gasteiger partial charge in [-0.2, -0.15) is 0 Å². The summed E-state index contributed by atoms with van der Waals surface area (Å²) in [6, 6.07) is 3.46. The Bertz CT molecular complexity index is 391. The van der Waals surface area contributed by atoms with Crippen molar-refractivity contribution in [3.8, 4) is 0 Å². The molecular formula is C16H23F2N. The third-order valence-electron chi connectivity index (χ3n) is 4.43. The smallest absolute Gasteiger partial charge is 0.130 e. The SMILES string of the molecule is CCCC1CCC(C(N)c2c(F)cccc2F)CC1. The Balaban J connectivity index is 2.03. The third-order valence-corrected chi connectivity index (χ3v) is 4.43. The van der Waals surface area contributed by atoms with E-state index in [1.807, 2.05) is 0 Å². The lowest BCUT2D eigenvalue weighted by molar-refractivity contribution is 0.230. The molecule has 1 saturated carbocycles. The van der Waals surface area contributed by atoms with E-state index < -0.39 is 17.7 Å². The summed E-state index contributed by atoms with van der Waals surface area (Å²) >= 11 is 0. The van der Waals surface area contributed by atoms with E-state index >= 15 is 0 Å². The molecule has 1 aromatic carbocycles. The zero-order valence-corrected chi connectivity index (χ0v) is 11.5. The number of hydrogen-bond donors (Lipinski definition) is 1. The minimum atomic E-state index is -0.511. The number of benzene rings is 1. The van der Waals surface area contributed by atoms with Gasteiger partial charge >= 0.3 is 0 Å². The van der Waals surface area contributed by atoms with Crippen LogP contribution in [0.15, 0.2) is 18.2 Å². The fraction of sp³-hybridized carbons (Fsp3) is 0.625. The number of rotatable bonds is 4. The maximum atomic E-state index is 13.7. The molecule has 1 unspecified atom stereocenters. The van der Waals surface area contributed by atoms with E-state index in [0.29, 0.717) is 0 Å². The van der Waals surface area contributed by atoms with Crippen LogP contribution in [0.1, 0.15) is 57.1 Å². The molecule has 0 spiro atoms. The maximum absolute atomic E-state index is 13.7. The summed E-state index contributed by atoms with van der Waals surface area (Å²) in [4.78, 5) is 0. The van der Waals surface area contributed by atoms with Gasteiger partial charge in [0.25, 0.3) is 0 Å². The van der Waals surface area contributed by atoms with Gasteiger partial charge in [-0.15, -0.1) is 0 Å². The van der Waals surface area contributed by atoms with Gasteiger partial charge in [-0.25, -0.2) is 8.78 Å². The first-order valence-electron chi connectivity index (χ1n) is 7.33. The first-order valence-corrected chi connectivity index (χ1v) is 7.33. The fourth-order valence-corrected chi connectivity index (χ4v) is 3.31. The molecule has 106 valence electrons. The van der Waals surface area contributed by atoms with E-state index in [2.05, 4.69) is 6.92 Å². The second kappa shape index (κ2) is 6.47. The molecule has 0 radical (unpaired) electrons. The average molecular weight is 267 g/mol. The van der Waals surface area contributed by atoms with Crippen LogP contribution in [-0.2, 0) is 0 Å². The van der Waals surface area contributed by atoms with Crippen LogP contribution in [0.2, 0.25) is 0 Å². The highest BCUT2D eigenvalue weighted by Crippen LogP contribution is 2.38. The topological polar surface area (TPSA) is 26.0 Å². The summed E-state index contributed by atoms with van der Waals surface area (Å²) in [7, 11) is 0. The van der Waals surface area contributed by atoms with Crippen LogP contribution in [-0.4, -0.2) is 0 Å². The molecule has 0 amide bonds. The standard InChI is InChI=1S/C16H23F2N/c1-2-4-11-7-9-12(10-8-11)16(19)15-13(17)5-3-6-14(15)18/h3,5-6,11-12,16H,2,4,7-10,19H2,1H3. The lowest BCUT2D eigenvalue weighted by atomic mass is 9.75. The van der Waals surface area contributed by atoms with Crippen molar-refractivity contribution in [2.45, 2.75) is 51.5 Å². The lowest BCUT2D eigenvalue weighted by Crippen LogP contribution is -2.27. The Labute approximate surface area is 114 Å². The van der Waals surface area contributed by atoms with Crippen LogP contribution in [0.4, 0.5) is 8.78 Å². The Morgan fingerprint density at radius 3 is 2.26 bits per heavy atom. The molecule has 19 heavy (non-hydrogen) atoms. The molecule has 1 aliphatic rings. The third kappa shape index (κ3) is 3.33. The van der Waals surface area contributed by atoms with Crippen LogP contribution in [0, 0.1) is 23.5 Å². The van der Waals surface area contributed by atoms with Crippen LogP contribution < -0.4 is 5.73 Å². The minimum Gasteiger partial charge on any atom is -0.324 e. The zero-order chi connectivity index (χ0) is 13.8. The van der Waals surface area contributed by atoms with Gasteiger partial charge in [0.1, 0.15) is 11.6 Å². The Kier molecular flexibility index (Phi) is 4.92. The highest BCUT2D eigenvalue weighted by molar-refractivity contribution is 5.23. The van der Waals surface area contributed by atoms with E-state index in [-0.39, 0.29) is 11.5 Å². The number of hydrogen-bond acceptors (Lipinski definition) is 1. The van der Waals surface area contributed by atoms with Crippen molar-refractivity contribution in [2.24, 2.45) is 17.6 Å². The monoisotopic (exact) mass is 267 g/mol. The van der Waals surface area contributed by atoms with Crippen molar-refractivity contribution in [2.75, 3.05) is 0 Å². The van der Waals surface area contributed by atoms with Gasteiger partial charge in [0.15, 0.2) is 0 Å². The largest absolute Gasteiger partial charge is 0.324 e.